The van der Waals surface area contributed by atoms with Crippen molar-refractivity contribution in [3.05, 3.63) is 0 Å². The normalized spacial score (nSPS) is 33.6. The molecular formula is C15H25N3O3. The number of carbonyl (C=O) groups is 2. The maximum Gasteiger partial charge on any atom is 0.245 e. The molecule has 0 bridgehead atoms. The molecule has 0 aromatic heterocycles. The van der Waals surface area contributed by atoms with Crippen molar-refractivity contribution < 1.29 is 14.3 Å². The van der Waals surface area contributed by atoms with Gasteiger partial charge in [-0.1, -0.05) is 6.42 Å². The van der Waals surface area contributed by atoms with E-state index in [0.717, 1.165) is 38.5 Å². The number of morpholine rings is 1. The highest BCUT2D eigenvalue weighted by Gasteiger charge is 2.38. The van der Waals surface area contributed by atoms with E-state index in [4.69, 9.17) is 10.5 Å². The van der Waals surface area contributed by atoms with Crippen molar-refractivity contribution >= 4 is 11.8 Å². The minimum absolute atomic E-state index is 0.0249. The van der Waals surface area contributed by atoms with Gasteiger partial charge in [-0.05, 0) is 32.1 Å². The Morgan fingerprint density at radius 2 is 2.00 bits per heavy atom. The van der Waals surface area contributed by atoms with Gasteiger partial charge in [-0.25, -0.2) is 0 Å². The summed E-state index contributed by atoms with van der Waals surface area (Å²) in [5.41, 5.74) is 5.99. The molecule has 3 atom stereocenters. The average Bonchev–Trinajstić information content (AvgIpc) is 3.30. The minimum atomic E-state index is -0.468. The number of hydrogen-bond donors (Lipinski definition) is 2. The third kappa shape index (κ3) is 3.55. The first-order valence-electron chi connectivity index (χ1n) is 8.09. The van der Waals surface area contributed by atoms with Crippen LogP contribution in [0.3, 0.4) is 0 Å². The van der Waals surface area contributed by atoms with Gasteiger partial charge >= 0.3 is 0 Å². The van der Waals surface area contributed by atoms with E-state index in [1.54, 1.807) is 4.90 Å². The van der Waals surface area contributed by atoms with E-state index in [9.17, 15) is 9.59 Å². The van der Waals surface area contributed by atoms with Gasteiger partial charge in [-0.15, -0.1) is 0 Å². The van der Waals surface area contributed by atoms with E-state index in [0.29, 0.717) is 25.8 Å². The van der Waals surface area contributed by atoms with Gasteiger partial charge in [0.1, 0.15) is 6.04 Å². The lowest BCUT2D eigenvalue weighted by atomic mass is 9.85. The molecular weight excluding hydrogens is 270 g/mol. The monoisotopic (exact) mass is 295 g/mol. The molecule has 3 rings (SSSR count). The number of carbonyl (C=O) groups excluding carboxylic acids is 2. The molecule has 3 unspecified atom stereocenters. The van der Waals surface area contributed by atoms with E-state index < -0.39 is 6.04 Å². The average molecular weight is 295 g/mol. The van der Waals surface area contributed by atoms with Crippen LogP contribution >= 0.6 is 0 Å². The fourth-order valence-electron chi connectivity index (χ4n) is 3.30. The van der Waals surface area contributed by atoms with E-state index in [1.165, 1.54) is 0 Å². The summed E-state index contributed by atoms with van der Waals surface area (Å²) in [4.78, 5) is 26.8. The van der Waals surface area contributed by atoms with Crippen LogP contribution in [0.2, 0.25) is 0 Å². The maximum atomic E-state index is 12.7. The summed E-state index contributed by atoms with van der Waals surface area (Å²) >= 11 is 0. The van der Waals surface area contributed by atoms with Crippen LogP contribution in [-0.2, 0) is 14.3 Å². The van der Waals surface area contributed by atoms with Crippen LogP contribution in [-0.4, -0.2) is 54.6 Å². The lowest BCUT2D eigenvalue weighted by Crippen LogP contribution is -2.58. The highest BCUT2D eigenvalue weighted by Crippen LogP contribution is 2.27. The minimum Gasteiger partial charge on any atom is -0.377 e. The summed E-state index contributed by atoms with van der Waals surface area (Å²) in [5, 5.41) is 2.98. The molecule has 1 aliphatic heterocycles. The Bertz CT molecular complexity index is 411. The van der Waals surface area contributed by atoms with E-state index in [2.05, 4.69) is 5.32 Å². The molecule has 0 aromatic carbocycles. The van der Waals surface area contributed by atoms with Crippen LogP contribution in [0.5, 0.6) is 0 Å². The molecule has 3 aliphatic rings. The molecule has 0 radical (unpaired) electrons. The largest absolute Gasteiger partial charge is 0.377 e. The van der Waals surface area contributed by atoms with Crippen LogP contribution in [0.15, 0.2) is 0 Å². The van der Waals surface area contributed by atoms with Gasteiger partial charge in [0.2, 0.25) is 11.8 Å². The molecule has 2 aliphatic carbocycles. The third-order valence-electron chi connectivity index (χ3n) is 4.70. The number of nitrogens with two attached hydrogens (primary N) is 1. The van der Waals surface area contributed by atoms with Crippen molar-refractivity contribution in [1.29, 1.82) is 0 Å². The van der Waals surface area contributed by atoms with Crippen molar-refractivity contribution in [3.8, 4) is 0 Å². The molecule has 1 saturated heterocycles. The number of amides is 2. The van der Waals surface area contributed by atoms with Gasteiger partial charge in [-0.3, -0.25) is 9.59 Å². The fraction of sp³-hybridized carbons (Fsp3) is 0.867. The van der Waals surface area contributed by atoms with Gasteiger partial charge in [0.05, 0.1) is 13.2 Å². The first kappa shape index (κ1) is 14.8. The number of hydrogen-bond acceptors (Lipinski definition) is 4. The second-order valence-electron chi connectivity index (χ2n) is 6.53. The number of nitrogens with zero attached hydrogens (tertiary/aromatic N) is 1. The molecule has 6 nitrogen and oxygen atoms in total. The highest BCUT2D eigenvalue weighted by molar-refractivity contribution is 5.89. The molecule has 0 spiro atoms. The van der Waals surface area contributed by atoms with Crippen LogP contribution in [0.25, 0.3) is 0 Å². The lowest BCUT2D eigenvalue weighted by Gasteiger charge is -2.38. The first-order valence-corrected chi connectivity index (χ1v) is 8.09. The number of rotatable bonds is 3. The summed E-state index contributed by atoms with van der Waals surface area (Å²) < 4.78 is 5.41. The Hall–Kier alpha value is -1.14. The zero-order chi connectivity index (χ0) is 14.8. The maximum absolute atomic E-state index is 12.7. The van der Waals surface area contributed by atoms with Gasteiger partial charge in [0.15, 0.2) is 0 Å². The number of nitrogens with one attached hydrogen (secondary N) is 1. The molecule has 2 amide bonds. The summed E-state index contributed by atoms with van der Waals surface area (Å²) in [7, 11) is 0. The first-order chi connectivity index (χ1) is 10.1. The standard InChI is InChI=1S/C15H25N3O3/c16-11-3-1-2-10(8-11)15(20)18-6-7-21-9-13(18)14(19)17-12-4-5-12/h10-13H,1-9,16H2,(H,17,19). The molecule has 6 heteroatoms. The molecule has 118 valence electrons. The third-order valence-corrected chi connectivity index (χ3v) is 4.70. The van der Waals surface area contributed by atoms with Crippen molar-refractivity contribution in [2.45, 2.75) is 56.7 Å². The lowest BCUT2D eigenvalue weighted by molar-refractivity contribution is -0.152. The SMILES string of the molecule is NC1CCCC(C(=O)N2CCOCC2C(=O)NC2CC2)C1. The highest BCUT2D eigenvalue weighted by atomic mass is 16.5. The molecule has 3 N–H and O–H groups in total. The quantitative estimate of drug-likeness (QED) is 0.768. The van der Waals surface area contributed by atoms with Gasteiger partial charge < -0.3 is 20.7 Å². The summed E-state index contributed by atoms with van der Waals surface area (Å²) in [6, 6.07) is -0.0445. The zero-order valence-electron chi connectivity index (χ0n) is 12.4. The predicted molar refractivity (Wildman–Crippen MR) is 77.4 cm³/mol. The van der Waals surface area contributed by atoms with Crippen LogP contribution < -0.4 is 11.1 Å². The van der Waals surface area contributed by atoms with Gasteiger partial charge in [0.25, 0.3) is 0 Å². The van der Waals surface area contributed by atoms with Crippen LogP contribution in [0.1, 0.15) is 38.5 Å². The Morgan fingerprint density at radius 3 is 2.71 bits per heavy atom. The zero-order valence-corrected chi connectivity index (χ0v) is 12.4. The Balaban J connectivity index is 1.64. The smallest absolute Gasteiger partial charge is 0.245 e. The molecule has 3 fully saturated rings. The van der Waals surface area contributed by atoms with Crippen LogP contribution in [0.4, 0.5) is 0 Å². The van der Waals surface area contributed by atoms with Crippen molar-refractivity contribution in [2.75, 3.05) is 19.8 Å². The second kappa shape index (κ2) is 6.32. The van der Waals surface area contributed by atoms with Gasteiger partial charge in [0, 0.05) is 24.5 Å². The van der Waals surface area contributed by atoms with Crippen molar-refractivity contribution in [1.82, 2.24) is 10.2 Å². The van der Waals surface area contributed by atoms with Crippen molar-refractivity contribution in [3.63, 3.8) is 0 Å². The molecule has 2 saturated carbocycles. The second-order valence-corrected chi connectivity index (χ2v) is 6.53. The topological polar surface area (TPSA) is 84.7 Å². The van der Waals surface area contributed by atoms with E-state index >= 15 is 0 Å². The number of ether oxygens (including phenoxy) is 1. The summed E-state index contributed by atoms with van der Waals surface area (Å²) in [5.74, 6) is -0.00173. The molecule has 0 aromatic rings. The van der Waals surface area contributed by atoms with E-state index in [-0.39, 0.29) is 23.8 Å². The summed E-state index contributed by atoms with van der Waals surface area (Å²) in [6.07, 6.45) is 5.73. The molecule has 1 heterocycles. The van der Waals surface area contributed by atoms with Crippen molar-refractivity contribution in [2.24, 2.45) is 11.7 Å². The van der Waals surface area contributed by atoms with E-state index in [1.807, 2.05) is 0 Å². The summed E-state index contributed by atoms with van der Waals surface area (Å²) in [6.45, 7) is 1.33. The molecule has 21 heavy (non-hydrogen) atoms. The Morgan fingerprint density at radius 1 is 1.19 bits per heavy atom. The predicted octanol–water partition coefficient (Wildman–Crippen LogP) is 0.00990. The Labute approximate surface area is 125 Å². The van der Waals surface area contributed by atoms with Crippen LogP contribution in [0, 0.1) is 5.92 Å². The van der Waals surface area contributed by atoms with Gasteiger partial charge in [-0.2, -0.15) is 0 Å². The Kier molecular flexibility index (Phi) is 4.45. The fourth-order valence-corrected chi connectivity index (χ4v) is 3.30.